The summed E-state index contributed by atoms with van der Waals surface area (Å²) in [6.45, 7) is 4.92. The van der Waals surface area contributed by atoms with Crippen molar-refractivity contribution in [1.82, 2.24) is 0 Å². The average Bonchev–Trinajstić information content (AvgIpc) is 2.80. The Labute approximate surface area is 186 Å². The minimum Gasteiger partial charge on any atom is -0.478 e. The molecule has 0 spiro atoms. The molecule has 0 aliphatic carbocycles. The molecule has 0 atom stereocenters. The van der Waals surface area contributed by atoms with Gasteiger partial charge in [0.05, 0.1) is 35.5 Å². The molecule has 0 aromatic heterocycles. The van der Waals surface area contributed by atoms with E-state index in [-0.39, 0.29) is 23.1 Å². The monoisotopic (exact) mass is 444 g/mol. The van der Waals surface area contributed by atoms with Gasteiger partial charge < -0.3 is 19.7 Å². The summed E-state index contributed by atoms with van der Waals surface area (Å²) < 4.78 is 10.2. The molecule has 172 valence electrons. The molecule has 2 rings (SSSR count). The highest BCUT2D eigenvalue weighted by Gasteiger charge is 2.10. The Morgan fingerprint density at radius 1 is 0.656 bits per heavy atom. The number of benzene rings is 2. The van der Waals surface area contributed by atoms with E-state index in [0.717, 1.165) is 31.7 Å². The molecule has 32 heavy (non-hydrogen) atoms. The van der Waals surface area contributed by atoms with Gasteiger partial charge in [-0.15, -0.1) is 0 Å². The molecule has 0 fully saturated rings. The predicted octanol–water partition coefficient (Wildman–Crippen LogP) is 4.68. The fraction of sp³-hybridized carbons (Fsp3) is 0.333. The van der Waals surface area contributed by atoms with Gasteiger partial charge in [0.2, 0.25) is 0 Å². The normalized spacial score (nSPS) is 9.81. The maximum atomic E-state index is 11.7. The lowest BCUT2D eigenvalue weighted by atomic mass is 10.1. The standard InChI is InChI=1S/C16H22O4.C8H6O4/c1-3-5-11-19-15(17)13-7-9-14(10-8-13)16(18)20-12-6-4-2;9-7(10)5-2-1-3-6(4-5)8(11)12/h7-10H,3-6,11-12H2,1-2H3;1-4H,(H,9,10)(H,11,12). The molecular formula is C24H28O8. The van der Waals surface area contributed by atoms with Gasteiger partial charge in [-0.2, -0.15) is 0 Å². The molecule has 8 nitrogen and oxygen atoms in total. The van der Waals surface area contributed by atoms with Gasteiger partial charge in [-0.3, -0.25) is 0 Å². The Morgan fingerprint density at radius 2 is 1.03 bits per heavy atom. The van der Waals surface area contributed by atoms with Crippen molar-refractivity contribution >= 4 is 23.9 Å². The number of hydrogen-bond donors (Lipinski definition) is 2. The van der Waals surface area contributed by atoms with E-state index in [9.17, 15) is 19.2 Å². The van der Waals surface area contributed by atoms with Crippen molar-refractivity contribution in [2.24, 2.45) is 0 Å². The van der Waals surface area contributed by atoms with Gasteiger partial charge in [0.1, 0.15) is 0 Å². The van der Waals surface area contributed by atoms with Gasteiger partial charge in [-0.1, -0.05) is 32.8 Å². The van der Waals surface area contributed by atoms with Gasteiger partial charge in [0, 0.05) is 0 Å². The highest BCUT2D eigenvalue weighted by molar-refractivity contribution is 5.94. The van der Waals surface area contributed by atoms with Crippen LogP contribution in [0.25, 0.3) is 0 Å². The van der Waals surface area contributed by atoms with Crippen LogP contribution in [0.1, 0.15) is 81.0 Å². The van der Waals surface area contributed by atoms with E-state index in [2.05, 4.69) is 0 Å². The maximum Gasteiger partial charge on any atom is 0.338 e. The quantitative estimate of drug-likeness (QED) is 0.399. The summed E-state index contributed by atoms with van der Waals surface area (Å²) in [6.07, 6.45) is 3.67. The summed E-state index contributed by atoms with van der Waals surface area (Å²) in [6, 6.07) is 11.5. The summed E-state index contributed by atoms with van der Waals surface area (Å²) in [5.74, 6) is -2.97. The number of ether oxygens (including phenoxy) is 2. The zero-order valence-electron chi connectivity index (χ0n) is 18.2. The van der Waals surface area contributed by atoms with Crippen LogP contribution in [0.15, 0.2) is 48.5 Å². The van der Waals surface area contributed by atoms with E-state index in [1.54, 1.807) is 24.3 Å². The lowest BCUT2D eigenvalue weighted by Gasteiger charge is -2.06. The van der Waals surface area contributed by atoms with E-state index in [0.29, 0.717) is 24.3 Å². The Hall–Kier alpha value is -3.68. The predicted molar refractivity (Wildman–Crippen MR) is 117 cm³/mol. The van der Waals surface area contributed by atoms with Gasteiger partial charge in [-0.25, -0.2) is 19.2 Å². The average molecular weight is 444 g/mol. The Bertz CT molecular complexity index is 832. The molecular weight excluding hydrogens is 416 g/mol. The third-order valence-electron chi connectivity index (χ3n) is 4.17. The SMILES string of the molecule is CCCCOC(=O)c1ccc(C(=O)OCCCC)cc1.O=C(O)c1cccc(C(=O)O)c1. The summed E-state index contributed by atoms with van der Waals surface area (Å²) in [4.78, 5) is 44.1. The molecule has 0 saturated heterocycles. The van der Waals surface area contributed by atoms with Crippen LogP contribution in [-0.2, 0) is 9.47 Å². The summed E-state index contributed by atoms with van der Waals surface area (Å²) in [7, 11) is 0. The molecule has 0 saturated carbocycles. The van der Waals surface area contributed by atoms with Crippen LogP contribution >= 0.6 is 0 Å². The van der Waals surface area contributed by atoms with Crippen LogP contribution < -0.4 is 0 Å². The first-order valence-corrected chi connectivity index (χ1v) is 10.3. The summed E-state index contributed by atoms with van der Waals surface area (Å²) in [5.41, 5.74) is 0.863. The van der Waals surface area contributed by atoms with Crippen molar-refractivity contribution < 1.29 is 38.9 Å². The number of aromatic carboxylic acids is 2. The number of rotatable bonds is 10. The number of carbonyl (C=O) groups excluding carboxylic acids is 2. The fourth-order valence-corrected chi connectivity index (χ4v) is 2.31. The topological polar surface area (TPSA) is 127 Å². The van der Waals surface area contributed by atoms with Crippen LogP contribution in [0.3, 0.4) is 0 Å². The second kappa shape index (κ2) is 14.3. The van der Waals surface area contributed by atoms with Crippen LogP contribution in [0.2, 0.25) is 0 Å². The molecule has 2 aromatic carbocycles. The molecule has 8 heteroatoms. The van der Waals surface area contributed by atoms with Crippen molar-refractivity contribution in [2.45, 2.75) is 39.5 Å². The lowest BCUT2D eigenvalue weighted by Crippen LogP contribution is -2.09. The summed E-state index contributed by atoms with van der Waals surface area (Å²) in [5, 5.41) is 17.0. The second-order valence-electron chi connectivity index (χ2n) is 6.75. The van der Waals surface area contributed by atoms with E-state index >= 15 is 0 Å². The minimum absolute atomic E-state index is 0.0186. The first-order chi connectivity index (χ1) is 15.3. The van der Waals surface area contributed by atoms with E-state index in [1.807, 2.05) is 13.8 Å². The lowest BCUT2D eigenvalue weighted by molar-refractivity contribution is 0.0485. The summed E-state index contributed by atoms with van der Waals surface area (Å²) >= 11 is 0. The molecule has 0 aliphatic heterocycles. The van der Waals surface area contributed by atoms with Crippen LogP contribution in [0.5, 0.6) is 0 Å². The molecule has 0 amide bonds. The zero-order chi connectivity index (χ0) is 23.9. The van der Waals surface area contributed by atoms with Crippen molar-refractivity contribution in [3.8, 4) is 0 Å². The van der Waals surface area contributed by atoms with Crippen LogP contribution in [-0.4, -0.2) is 47.3 Å². The molecule has 0 radical (unpaired) electrons. The third kappa shape index (κ3) is 9.42. The Balaban J connectivity index is 0.000000363. The largest absolute Gasteiger partial charge is 0.478 e. The smallest absolute Gasteiger partial charge is 0.338 e. The Kier molecular flexibility index (Phi) is 11.8. The number of carboxylic acid groups (broad SMARTS) is 2. The van der Waals surface area contributed by atoms with Gasteiger partial charge in [0.15, 0.2) is 0 Å². The number of carboxylic acids is 2. The van der Waals surface area contributed by atoms with E-state index in [1.165, 1.54) is 18.2 Å². The van der Waals surface area contributed by atoms with Crippen LogP contribution in [0.4, 0.5) is 0 Å². The number of hydrogen-bond acceptors (Lipinski definition) is 6. The van der Waals surface area contributed by atoms with Gasteiger partial charge >= 0.3 is 23.9 Å². The number of carbonyl (C=O) groups is 4. The maximum absolute atomic E-state index is 11.7. The van der Waals surface area contributed by atoms with Crippen LogP contribution in [0, 0.1) is 0 Å². The van der Waals surface area contributed by atoms with E-state index < -0.39 is 11.9 Å². The minimum atomic E-state index is -1.13. The van der Waals surface area contributed by atoms with Gasteiger partial charge in [0.25, 0.3) is 0 Å². The molecule has 0 unspecified atom stereocenters. The second-order valence-corrected chi connectivity index (χ2v) is 6.75. The third-order valence-corrected chi connectivity index (χ3v) is 4.17. The van der Waals surface area contributed by atoms with Gasteiger partial charge in [-0.05, 0) is 55.3 Å². The fourth-order valence-electron chi connectivity index (χ4n) is 2.31. The molecule has 2 N–H and O–H groups in total. The van der Waals surface area contributed by atoms with E-state index in [4.69, 9.17) is 19.7 Å². The molecule has 0 bridgehead atoms. The molecule has 2 aromatic rings. The first kappa shape index (κ1) is 26.4. The van der Waals surface area contributed by atoms with Crippen molar-refractivity contribution in [1.29, 1.82) is 0 Å². The molecule has 0 heterocycles. The number of unbranched alkanes of at least 4 members (excludes halogenated alkanes) is 2. The first-order valence-electron chi connectivity index (χ1n) is 10.3. The van der Waals surface area contributed by atoms with Crippen molar-refractivity contribution in [3.05, 3.63) is 70.8 Å². The number of esters is 2. The highest BCUT2D eigenvalue weighted by Crippen LogP contribution is 2.08. The molecule has 0 aliphatic rings. The Morgan fingerprint density at radius 3 is 1.34 bits per heavy atom. The zero-order valence-corrected chi connectivity index (χ0v) is 18.2. The van der Waals surface area contributed by atoms with Crippen molar-refractivity contribution in [2.75, 3.05) is 13.2 Å². The highest BCUT2D eigenvalue weighted by atomic mass is 16.5. The van der Waals surface area contributed by atoms with Crippen molar-refractivity contribution in [3.63, 3.8) is 0 Å².